The molecule has 2 aromatic rings. The second-order valence-corrected chi connectivity index (χ2v) is 8.89. The molecule has 1 aliphatic heterocycles. The number of anilines is 2. The zero-order chi connectivity index (χ0) is 22.1. The van der Waals surface area contributed by atoms with Crippen molar-refractivity contribution in [1.29, 1.82) is 0 Å². The third-order valence-electron chi connectivity index (χ3n) is 4.33. The highest BCUT2D eigenvalue weighted by atomic mass is 35.5. The minimum Gasteiger partial charge on any atom is -0.740 e. The number of nitrogens with zero attached hydrogens (tertiary/aromatic N) is 4. The summed E-state index contributed by atoms with van der Waals surface area (Å²) in [6.07, 6.45) is 3.27. The molecule has 2 heterocycles. The van der Waals surface area contributed by atoms with E-state index in [2.05, 4.69) is 5.10 Å². The van der Waals surface area contributed by atoms with Crippen LogP contribution in [0.3, 0.4) is 0 Å². The van der Waals surface area contributed by atoms with Crippen molar-refractivity contribution in [2.45, 2.75) is 18.9 Å². The molecular formula is C16H17Cl2FN5O5S-. The summed E-state index contributed by atoms with van der Waals surface area (Å²) < 4.78 is 46.9. The van der Waals surface area contributed by atoms with Crippen LogP contribution in [-0.2, 0) is 22.0 Å². The normalized spacial score (nSPS) is 15.1. The Morgan fingerprint density at radius 1 is 1.37 bits per heavy atom. The van der Waals surface area contributed by atoms with E-state index in [1.54, 1.807) is 7.05 Å². The molecule has 1 aromatic carbocycles. The first-order valence-electron chi connectivity index (χ1n) is 8.65. The van der Waals surface area contributed by atoms with Gasteiger partial charge in [0.15, 0.2) is 5.82 Å². The Morgan fingerprint density at radius 3 is 2.63 bits per heavy atom. The van der Waals surface area contributed by atoms with Gasteiger partial charge in [-0.2, -0.15) is 13.5 Å². The van der Waals surface area contributed by atoms with E-state index in [9.17, 15) is 22.8 Å². The first-order valence-corrected chi connectivity index (χ1v) is 10.8. The summed E-state index contributed by atoms with van der Waals surface area (Å²) >= 11 is 11.4. The third kappa shape index (κ3) is 4.62. The SMILES string of the molecule is Cn1cc(N(C2CCOCC2)S(=O)(=O)N([O-])C(=O)Nc2cc(Cl)cc(Cl)c2F)cn1. The summed E-state index contributed by atoms with van der Waals surface area (Å²) in [4.78, 5) is 12.4. The number of halogens is 3. The Hall–Kier alpha value is -2.12. The first-order chi connectivity index (χ1) is 14.1. The Labute approximate surface area is 181 Å². The Balaban J connectivity index is 1.91. The van der Waals surface area contributed by atoms with E-state index in [1.165, 1.54) is 17.1 Å². The van der Waals surface area contributed by atoms with Crippen molar-refractivity contribution in [3.63, 3.8) is 0 Å². The summed E-state index contributed by atoms with van der Waals surface area (Å²) in [6, 6.07) is -0.171. The minimum atomic E-state index is -4.89. The number of aromatic nitrogens is 2. The number of hydrogen-bond donors (Lipinski definition) is 1. The van der Waals surface area contributed by atoms with Gasteiger partial charge < -0.3 is 15.3 Å². The molecule has 0 radical (unpaired) electrons. The second kappa shape index (κ2) is 8.94. The molecule has 1 aliphatic rings. The van der Waals surface area contributed by atoms with Gasteiger partial charge in [-0.05, 0) is 25.0 Å². The molecule has 10 nitrogen and oxygen atoms in total. The van der Waals surface area contributed by atoms with Crippen LogP contribution in [0.25, 0.3) is 0 Å². The number of hydrogen-bond acceptors (Lipinski definition) is 6. The highest BCUT2D eigenvalue weighted by molar-refractivity contribution is 7.91. The third-order valence-corrected chi connectivity index (χ3v) is 6.41. The van der Waals surface area contributed by atoms with Crippen molar-refractivity contribution in [2.75, 3.05) is 22.8 Å². The van der Waals surface area contributed by atoms with E-state index in [0.717, 1.165) is 16.4 Å². The molecule has 0 atom stereocenters. The lowest BCUT2D eigenvalue weighted by Crippen LogP contribution is -2.51. The van der Waals surface area contributed by atoms with E-state index in [1.807, 2.05) is 5.32 Å². The zero-order valence-electron chi connectivity index (χ0n) is 15.6. The maximum absolute atomic E-state index is 14.1. The molecule has 0 unspecified atom stereocenters. The molecule has 1 aromatic heterocycles. The van der Waals surface area contributed by atoms with E-state index < -0.39 is 43.3 Å². The minimum absolute atomic E-state index is 0.0174. The molecule has 0 spiro atoms. The van der Waals surface area contributed by atoms with Crippen LogP contribution in [0.15, 0.2) is 24.5 Å². The molecule has 0 saturated carbocycles. The van der Waals surface area contributed by atoms with E-state index in [4.69, 9.17) is 27.9 Å². The van der Waals surface area contributed by atoms with Crippen LogP contribution in [0.4, 0.5) is 20.6 Å². The molecule has 3 rings (SSSR count). The zero-order valence-corrected chi connectivity index (χ0v) is 17.9. The lowest BCUT2D eigenvalue weighted by molar-refractivity contribution is 0.0874. The first kappa shape index (κ1) is 22.6. The van der Waals surface area contributed by atoms with Crippen LogP contribution in [0.1, 0.15) is 12.8 Å². The van der Waals surface area contributed by atoms with Crippen LogP contribution in [0.5, 0.6) is 0 Å². The van der Waals surface area contributed by atoms with Gasteiger partial charge in [-0.25, -0.2) is 13.5 Å². The van der Waals surface area contributed by atoms with Crippen molar-refractivity contribution in [1.82, 2.24) is 14.2 Å². The molecule has 1 fully saturated rings. The van der Waals surface area contributed by atoms with Gasteiger partial charge in [0.1, 0.15) is 0 Å². The van der Waals surface area contributed by atoms with Gasteiger partial charge >= 0.3 is 16.2 Å². The van der Waals surface area contributed by atoms with Gasteiger partial charge in [0.05, 0.1) is 28.6 Å². The highest BCUT2D eigenvalue weighted by Gasteiger charge is 2.35. The average Bonchev–Trinajstić information content (AvgIpc) is 3.11. The van der Waals surface area contributed by atoms with Crippen molar-refractivity contribution < 1.29 is 22.3 Å². The largest absolute Gasteiger partial charge is 0.740 e. The summed E-state index contributed by atoms with van der Waals surface area (Å²) in [5.74, 6) is -1.06. The number of carbonyl (C=O) groups is 1. The number of amides is 2. The molecule has 164 valence electrons. The monoisotopic (exact) mass is 480 g/mol. The molecular weight excluding hydrogens is 464 g/mol. The predicted octanol–water partition coefficient (Wildman–Crippen LogP) is 3.13. The number of hydroxylamine groups is 1. The molecule has 1 saturated heterocycles. The lowest BCUT2D eigenvalue weighted by Gasteiger charge is -2.39. The fourth-order valence-electron chi connectivity index (χ4n) is 2.97. The van der Waals surface area contributed by atoms with Gasteiger partial charge in [0.2, 0.25) is 0 Å². The standard InChI is InChI=1S/C16H17Cl2FN5O5S/c1-22-9-12(8-20-22)23(11-2-4-29-5-3-11)30(27,28)24(26)16(25)21-14-7-10(17)6-13(18)15(14)19/h6-9,11H,2-5H2,1H3,(H,21,25)/q-1. The number of rotatable bonds is 5. The van der Waals surface area contributed by atoms with Crippen LogP contribution in [-0.4, -0.2) is 48.0 Å². The van der Waals surface area contributed by atoms with Gasteiger partial charge in [-0.3, -0.25) is 9.15 Å². The Bertz CT molecular complexity index is 1040. The van der Waals surface area contributed by atoms with E-state index >= 15 is 0 Å². The number of ether oxygens (including phenoxy) is 1. The fourth-order valence-corrected chi connectivity index (χ4v) is 4.82. The molecule has 14 heteroatoms. The quantitative estimate of drug-likeness (QED) is 0.518. The van der Waals surface area contributed by atoms with E-state index in [-0.39, 0.29) is 23.9 Å². The van der Waals surface area contributed by atoms with Crippen LogP contribution in [0.2, 0.25) is 10.0 Å². The Morgan fingerprint density at radius 2 is 2.03 bits per heavy atom. The summed E-state index contributed by atoms with van der Waals surface area (Å²) in [5.41, 5.74) is -0.428. The predicted molar refractivity (Wildman–Crippen MR) is 109 cm³/mol. The summed E-state index contributed by atoms with van der Waals surface area (Å²) in [5, 5.41) is 17.9. The van der Waals surface area contributed by atoms with Crippen molar-refractivity contribution >= 4 is 50.8 Å². The van der Waals surface area contributed by atoms with Gasteiger partial charge in [-0.1, -0.05) is 23.2 Å². The Kier molecular flexibility index (Phi) is 6.72. The van der Waals surface area contributed by atoms with Crippen molar-refractivity contribution in [3.8, 4) is 0 Å². The molecule has 2 amide bonds. The van der Waals surface area contributed by atoms with E-state index in [0.29, 0.717) is 12.8 Å². The van der Waals surface area contributed by atoms with Crippen molar-refractivity contribution in [3.05, 3.63) is 45.6 Å². The maximum atomic E-state index is 14.1. The van der Waals surface area contributed by atoms with Crippen LogP contribution < -0.4 is 9.62 Å². The number of nitrogens with one attached hydrogen (secondary N) is 1. The summed E-state index contributed by atoms with van der Waals surface area (Å²) in [6.45, 7) is 0.572. The molecule has 0 bridgehead atoms. The number of benzene rings is 1. The van der Waals surface area contributed by atoms with Crippen LogP contribution >= 0.6 is 23.2 Å². The maximum Gasteiger partial charge on any atom is 0.326 e. The average molecular weight is 481 g/mol. The topological polar surface area (TPSA) is 120 Å². The smallest absolute Gasteiger partial charge is 0.326 e. The highest BCUT2D eigenvalue weighted by Crippen LogP contribution is 2.30. The number of urea groups is 1. The lowest BCUT2D eigenvalue weighted by atomic mass is 10.1. The summed E-state index contributed by atoms with van der Waals surface area (Å²) in [7, 11) is -3.32. The van der Waals surface area contributed by atoms with Gasteiger partial charge in [0, 0.05) is 31.5 Å². The van der Waals surface area contributed by atoms with Crippen molar-refractivity contribution in [2.24, 2.45) is 7.05 Å². The molecule has 1 N–H and O–H groups in total. The molecule has 0 aliphatic carbocycles. The number of aryl methyl sites for hydroxylation is 1. The van der Waals surface area contributed by atoms with Gasteiger partial charge in [-0.15, -0.1) is 0 Å². The van der Waals surface area contributed by atoms with Gasteiger partial charge in [0.25, 0.3) is 0 Å². The number of carbonyl (C=O) groups excluding carboxylic acids is 1. The fraction of sp³-hybridized carbons (Fsp3) is 0.375. The van der Waals surface area contributed by atoms with Crippen LogP contribution in [0, 0.1) is 11.0 Å². The molecule has 30 heavy (non-hydrogen) atoms. The second-order valence-electron chi connectivity index (χ2n) is 6.43.